The second-order valence-corrected chi connectivity index (χ2v) is 2.36. The quantitative estimate of drug-likeness (QED) is 0.594. The van der Waals surface area contributed by atoms with Gasteiger partial charge in [-0.1, -0.05) is 11.6 Å². The van der Waals surface area contributed by atoms with Crippen LogP contribution in [-0.4, -0.2) is 10.9 Å². The fraction of sp³-hybridized carbons (Fsp3) is 0. The average Bonchev–Trinajstić information content (AvgIpc) is 2.03. The van der Waals surface area contributed by atoms with Crippen LogP contribution in [-0.2, 0) is 4.79 Å². The number of halogens is 1. The second kappa shape index (κ2) is 3.74. The molecule has 0 aromatic carbocycles. The Kier molecular flexibility index (Phi) is 2.67. The van der Waals surface area contributed by atoms with Gasteiger partial charge in [0.05, 0.1) is 5.02 Å². The van der Waals surface area contributed by atoms with Gasteiger partial charge in [0.2, 0.25) is 0 Å². The van der Waals surface area contributed by atoms with E-state index >= 15 is 0 Å². The van der Waals surface area contributed by atoms with Gasteiger partial charge in [0, 0.05) is 12.1 Å². The van der Waals surface area contributed by atoms with Crippen molar-refractivity contribution in [2.45, 2.75) is 0 Å². The highest BCUT2D eigenvalue weighted by atomic mass is 35.5. The fourth-order valence-corrected chi connectivity index (χ4v) is 0.767. The molecular weight excluding hydrogens is 176 g/mol. The van der Waals surface area contributed by atoms with E-state index in [4.69, 9.17) is 17.3 Å². The maximum atomic E-state index is 10.3. The van der Waals surface area contributed by atoms with E-state index in [1.807, 2.05) is 0 Å². The molecule has 60 valence electrons. The first-order valence-corrected chi connectivity index (χ1v) is 3.50. The number of rotatable bonds is 0. The van der Waals surface area contributed by atoms with Gasteiger partial charge in [-0.2, -0.15) is 0 Å². The number of carbonyl (C=O) groups excluding carboxylic acids is 1. The van der Waals surface area contributed by atoms with Gasteiger partial charge in [0.15, 0.2) is 0 Å². The van der Waals surface area contributed by atoms with Crippen LogP contribution in [0.4, 0.5) is 0 Å². The summed E-state index contributed by atoms with van der Waals surface area (Å²) in [6.45, 7) is 0. The zero-order chi connectivity index (χ0) is 8.97. The molecule has 12 heavy (non-hydrogen) atoms. The highest BCUT2D eigenvalue weighted by Crippen LogP contribution is 2.09. The lowest BCUT2D eigenvalue weighted by Crippen LogP contribution is -2.06. The maximum Gasteiger partial charge on any atom is 0.293 e. The molecule has 0 saturated heterocycles. The summed E-state index contributed by atoms with van der Waals surface area (Å²) in [5, 5.41) is 0.409. The number of carbonyl (C=O) groups is 1. The van der Waals surface area contributed by atoms with Crippen LogP contribution in [0, 0.1) is 11.8 Å². The fourth-order valence-electron chi connectivity index (χ4n) is 0.598. The predicted molar refractivity (Wildman–Crippen MR) is 45.3 cm³/mol. The first-order chi connectivity index (χ1) is 5.70. The third-order valence-electron chi connectivity index (χ3n) is 1.06. The zero-order valence-corrected chi connectivity index (χ0v) is 6.80. The molecule has 1 amide bonds. The van der Waals surface area contributed by atoms with Crippen LogP contribution in [0.25, 0.3) is 0 Å². The molecule has 3 nitrogen and oxygen atoms in total. The van der Waals surface area contributed by atoms with Crippen molar-refractivity contribution in [3.05, 3.63) is 29.0 Å². The minimum atomic E-state index is -0.697. The van der Waals surface area contributed by atoms with Gasteiger partial charge in [-0.05, 0) is 18.1 Å². The summed E-state index contributed by atoms with van der Waals surface area (Å²) in [4.78, 5) is 14.1. The number of hydrogen-bond acceptors (Lipinski definition) is 2. The van der Waals surface area contributed by atoms with Gasteiger partial charge in [0.25, 0.3) is 5.91 Å². The molecule has 0 aliphatic heterocycles. The third-order valence-corrected chi connectivity index (χ3v) is 1.37. The Balaban J connectivity index is 2.99. The first kappa shape index (κ1) is 8.57. The highest BCUT2D eigenvalue weighted by molar-refractivity contribution is 6.31. The summed E-state index contributed by atoms with van der Waals surface area (Å²) in [7, 11) is 0. The number of primary amides is 1. The predicted octanol–water partition coefficient (Wildman–Crippen LogP) is 0.572. The van der Waals surface area contributed by atoms with E-state index in [2.05, 4.69) is 16.8 Å². The number of amides is 1. The molecule has 1 heterocycles. The first-order valence-electron chi connectivity index (χ1n) is 3.12. The third kappa shape index (κ3) is 2.26. The normalized spacial score (nSPS) is 8.42. The molecule has 0 radical (unpaired) electrons. The molecule has 1 aromatic rings. The van der Waals surface area contributed by atoms with Gasteiger partial charge in [-0.25, -0.2) is 4.98 Å². The van der Waals surface area contributed by atoms with Crippen molar-refractivity contribution in [1.29, 1.82) is 0 Å². The van der Waals surface area contributed by atoms with Gasteiger partial charge < -0.3 is 5.73 Å². The molecule has 0 unspecified atom stereocenters. The smallest absolute Gasteiger partial charge is 0.293 e. The Morgan fingerprint density at radius 2 is 2.42 bits per heavy atom. The number of aromatic nitrogens is 1. The van der Waals surface area contributed by atoms with Gasteiger partial charge in [-0.3, -0.25) is 4.79 Å². The summed E-state index contributed by atoms with van der Waals surface area (Å²) in [6, 6.07) is 3.32. The summed E-state index contributed by atoms with van der Waals surface area (Å²) in [6.07, 6.45) is 1.54. The molecule has 1 rings (SSSR count). The van der Waals surface area contributed by atoms with Crippen molar-refractivity contribution < 1.29 is 4.79 Å². The molecule has 0 atom stereocenters. The molecule has 4 heteroatoms. The average molecular weight is 181 g/mol. The van der Waals surface area contributed by atoms with Gasteiger partial charge >= 0.3 is 0 Å². The minimum absolute atomic E-state index is 0.359. The van der Waals surface area contributed by atoms with E-state index in [0.29, 0.717) is 10.7 Å². The molecule has 2 N–H and O–H groups in total. The van der Waals surface area contributed by atoms with E-state index in [1.165, 1.54) is 6.20 Å². The zero-order valence-electron chi connectivity index (χ0n) is 6.04. The molecular formula is C8H5ClN2O. The lowest BCUT2D eigenvalue weighted by molar-refractivity contribution is -0.112. The lowest BCUT2D eigenvalue weighted by atomic mass is 10.3. The number of pyridine rings is 1. The SMILES string of the molecule is NC(=O)C#Cc1ncccc1Cl. The number of nitrogens with zero attached hydrogens (tertiary/aromatic N) is 1. The molecule has 1 aromatic heterocycles. The van der Waals surface area contributed by atoms with Crippen LogP contribution in [0.1, 0.15) is 5.69 Å². The summed E-state index contributed by atoms with van der Waals surface area (Å²) >= 11 is 5.69. The molecule has 0 aliphatic rings. The molecule has 0 bridgehead atoms. The van der Waals surface area contributed by atoms with Crippen LogP contribution in [0.2, 0.25) is 5.02 Å². The molecule has 0 aliphatic carbocycles. The summed E-state index contributed by atoms with van der Waals surface area (Å²) < 4.78 is 0. The van der Waals surface area contributed by atoms with Crippen molar-refractivity contribution in [3.63, 3.8) is 0 Å². The van der Waals surface area contributed by atoms with Gasteiger partial charge in [0.1, 0.15) is 5.69 Å². The van der Waals surface area contributed by atoms with E-state index in [9.17, 15) is 4.79 Å². The Labute approximate surface area is 74.5 Å². The Hall–Kier alpha value is -1.53. The van der Waals surface area contributed by atoms with E-state index in [0.717, 1.165) is 0 Å². The minimum Gasteiger partial charge on any atom is -0.359 e. The van der Waals surface area contributed by atoms with E-state index in [1.54, 1.807) is 12.1 Å². The van der Waals surface area contributed by atoms with E-state index in [-0.39, 0.29) is 0 Å². The lowest BCUT2D eigenvalue weighted by Gasteiger charge is -1.90. The van der Waals surface area contributed by atoms with Gasteiger partial charge in [-0.15, -0.1) is 0 Å². The van der Waals surface area contributed by atoms with Crippen molar-refractivity contribution in [2.75, 3.05) is 0 Å². The van der Waals surface area contributed by atoms with Crippen LogP contribution >= 0.6 is 11.6 Å². The highest BCUT2D eigenvalue weighted by Gasteiger charge is 1.94. The Morgan fingerprint density at radius 3 is 3.00 bits per heavy atom. The summed E-state index contributed by atoms with van der Waals surface area (Å²) in [5.74, 6) is 3.89. The van der Waals surface area contributed by atoms with Crippen molar-refractivity contribution in [2.24, 2.45) is 5.73 Å². The van der Waals surface area contributed by atoms with Crippen LogP contribution in [0.3, 0.4) is 0 Å². The topological polar surface area (TPSA) is 56.0 Å². The molecule has 0 spiro atoms. The van der Waals surface area contributed by atoms with Crippen molar-refractivity contribution in [3.8, 4) is 11.8 Å². The van der Waals surface area contributed by atoms with E-state index < -0.39 is 5.91 Å². The monoisotopic (exact) mass is 180 g/mol. The number of hydrogen-bond donors (Lipinski definition) is 1. The molecule has 0 saturated carbocycles. The Bertz CT molecular complexity index is 365. The largest absolute Gasteiger partial charge is 0.359 e. The standard InChI is InChI=1S/C8H5ClN2O/c9-6-2-1-5-11-7(6)3-4-8(10)12/h1-2,5H,(H2,10,12). The van der Waals surface area contributed by atoms with Crippen LogP contribution < -0.4 is 5.73 Å². The maximum absolute atomic E-state index is 10.3. The molecule has 0 fully saturated rings. The second-order valence-electron chi connectivity index (χ2n) is 1.95. The van der Waals surface area contributed by atoms with Crippen LogP contribution in [0.5, 0.6) is 0 Å². The van der Waals surface area contributed by atoms with Crippen LogP contribution in [0.15, 0.2) is 18.3 Å². The number of nitrogens with two attached hydrogens (primary N) is 1. The Morgan fingerprint density at radius 1 is 1.67 bits per heavy atom. The van der Waals surface area contributed by atoms with Crippen molar-refractivity contribution in [1.82, 2.24) is 4.98 Å². The summed E-state index contributed by atoms with van der Waals surface area (Å²) in [5.41, 5.74) is 5.17. The van der Waals surface area contributed by atoms with Crippen molar-refractivity contribution >= 4 is 17.5 Å².